The smallest absolute Gasteiger partial charge is 0.271 e. The third-order valence-corrected chi connectivity index (χ3v) is 3.22. The Hall–Kier alpha value is -3.09. The van der Waals surface area contributed by atoms with E-state index in [4.69, 9.17) is 4.74 Å². The quantitative estimate of drug-likeness (QED) is 0.631. The molecule has 2 N–H and O–H groups in total. The molecule has 0 aliphatic carbocycles. The molecule has 0 saturated carbocycles. The minimum absolute atomic E-state index is 0.000776. The molecule has 0 fully saturated rings. The number of hydrogen-bond acceptors (Lipinski definition) is 5. The van der Waals surface area contributed by atoms with Gasteiger partial charge in [-0.05, 0) is 24.6 Å². The Morgan fingerprint density at radius 1 is 1.26 bits per heavy atom. The molecule has 0 heterocycles. The number of nitrogens with one attached hydrogen (secondary N) is 2. The number of aryl methyl sites for hydroxylation is 1. The van der Waals surface area contributed by atoms with E-state index in [0.29, 0.717) is 17.1 Å². The van der Waals surface area contributed by atoms with Crippen molar-refractivity contribution in [1.29, 1.82) is 0 Å². The fourth-order valence-electron chi connectivity index (χ4n) is 2.00. The maximum absolute atomic E-state index is 12.0. The summed E-state index contributed by atoms with van der Waals surface area (Å²) < 4.78 is 5.09. The second-order valence-electron chi connectivity index (χ2n) is 4.89. The van der Waals surface area contributed by atoms with Gasteiger partial charge in [0.25, 0.3) is 5.69 Å². The number of amides is 1. The summed E-state index contributed by atoms with van der Waals surface area (Å²) in [5, 5.41) is 16.4. The summed E-state index contributed by atoms with van der Waals surface area (Å²) in [6.07, 6.45) is 0. The second kappa shape index (κ2) is 7.26. The first kappa shape index (κ1) is 16.3. The van der Waals surface area contributed by atoms with Crippen molar-refractivity contribution in [2.75, 3.05) is 24.3 Å². The lowest BCUT2D eigenvalue weighted by atomic mass is 10.2. The van der Waals surface area contributed by atoms with Crippen molar-refractivity contribution < 1.29 is 14.5 Å². The zero-order valence-corrected chi connectivity index (χ0v) is 12.8. The molecule has 0 aliphatic heterocycles. The molecule has 23 heavy (non-hydrogen) atoms. The Kier molecular flexibility index (Phi) is 5.14. The van der Waals surface area contributed by atoms with E-state index in [1.165, 1.54) is 12.1 Å². The topological polar surface area (TPSA) is 93.5 Å². The van der Waals surface area contributed by atoms with E-state index >= 15 is 0 Å². The molecular weight excluding hydrogens is 298 g/mol. The molecule has 0 atom stereocenters. The summed E-state index contributed by atoms with van der Waals surface area (Å²) in [5.41, 5.74) is 1.97. The summed E-state index contributed by atoms with van der Waals surface area (Å²) in [4.78, 5) is 22.3. The highest BCUT2D eigenvalue weighted by Gasteiger charge is 2.10. The van der Waals surface area contributed by atoms with Gasteiger partial charge in [0.15, 0.2) is 0 Å². The number of ether oxygens (including phenoxy) is 1. The van der Waals surface area contributed by atoms with Gasteiger partial charge in [-0.1, -0.05) is 12.1 Å². The van der Waals surface area contributed by atoms with Gasteiger partial charge in [-0.2, -0.15) is 0 Å². The molecule has 2 aromatic carbocycles. The Balaban J connectivity index is 1.99. The standard InChI is InChI=1S/C16H17N3O4/c1-11-6-7-13(19(21)22)9-15(11)17-10-16(20)18-12-4-3-5-14(8-12)23-2/h3-9,17H,10H2,1-2H3,(H,18,20). The van der Waals surface area contributed by atoms with E-state index in [1.807, 2.05) is 6.92 Å². The first-order chi connectivity index (χ1) is 11.0. The van der Waals surface area contributed by atoms with Crippen molar-refractivity contribution in [1.82, 2.24) is 0 Å². The maximum Gasteiger partial charge on any atom is 0.271 e. The average Bonchev–Trinajstić information content (AvgIpc) is 2.54. The third kappa shape index (κ3) is 4.44. The lowest BCUT2D eigenvalue weighted by molar-refractivity contribution is -0.384. The second-order valence-corrected chi connectivity index (χ2v) is 4.89. The van der Waals surface area contributed by atoms with Crippen molar-refractivity contribution in [3.05, 3.63) is 58.1 Å². The number of nitro groups is 1. The largest absolute Gasteiger partial charge is 0.497 e. The van der Waals surface area contributed by atoms with Gasteiger partial charge in [-0.3, -0.25) is 14.9 Å². The monoisotopic (exact) mass is 315 g/mol. The van der Waals surface area contributed by atoms with Crippen LogP contribution in [0.25, 0.3) is 0 Å². The number of carbonyl (C=O) groups excluding carboxylic acids is 1. The fraction of sp³-hybridized carbons (Fsp3) is 0.188. The Morgan fingerprint density at radius 2 is 2.04 bits per heavy atom. The number of hydrogen-bond donors (Lipinski definition) is 2. The minimum atomic E-state index is -0.471. The molecule has 120 valence electrons. The summed E-state index contributed by atoms with van der Waals surface area (Å²) >= 11 is 0. The first-order valence-electron chi connectivity index (χ1n) is 6.92. The number of nitrogens with zero attached hydrogens (tertiary/aromatic N) is 1. The number of rotatable bonds is 6. The van der Waals surface area contributed by atoms with Crippen LogP contribution in [0.15, 0.2) is 42.5 Å². The molecule has 7 heteroatoms. The van der Waals surface area contributed by atoms with Crippen LogP contribution in [-0.2, 0) is 4.79 Å². The molecule has 0 unspecified atom stereocenters. The summed E-state index contributed by atoms with van der Waals surface area (Å²) in [6, 6.07) is 11.5. The Labute approximate surface area is 133 Å². The molecule has 0 radical (unpaired) electrons. The minimum Gasteiger partial charge on any atom is -0.497 e. The number of nitro benzene ring substituents is 1. The molecular formula is C16H17N3O4. The average molecular weight is 315 g/mol. The Bertz CT molecular complexity index is 731. The van der Waals surface area contributed by atoms with Gasteiger partial charge < -0.3 is 15.4 Å². The summed E-state index contributed by atoms with van der Waals surface area (Å²) in [5.74, 6) is 0.384. The fourth-order valence-corrected chi connectivity index (χ4v) is 2.00. The number of benzene rings is 2. The van der Waals surface area contributed by atoms with Crippen molar-refractivity contribution in [2.24, 2.45) is 0 Å². The lowest BCUT2D eigenvalue weighted by Gasteiger charge is -2.10. The van der Waals surface area contributed by atoms with Crippen molar-refractivity contribution >= 4 is 23.0 Å². The van der Waals surface area contributed by atoms with Crippen LogP contribution in [0.3, 0.4) is 0 Å². The molecule has 1 amide bonds. The number of carbonyl (C=O) groups is 1. The van der Waals surface area contributed by atoms with E-state index < -0.39 is 4.92 Å². The molecule has 0 aliphatic rings. The van der Waals surface area contributed by atoms with Crippen molar-refractivity contribution in [2.45, 2.75) is 6.92 Å². The summed E-state index contributed by atoms with van der Waals surface area (Å²) in [6.45, 7) is 1.81. The number of anilines is 2. The number of methoxy groups -OCH3 is 1. The van der Waals surface area contributed by atoms with Crippen LogP contribution in [-0.4, -0.2) is 24.5 Å². The van der Waals surface area contributed by atoms with Crippen LogP contribution in [0, 0.1) is 17.0 Å². The highest BCUT2D eigenvalue weighted by Crippen LogP contribution is 2.21. The SMILES string of the molecule is COc1cccc(NC(=O)CNc2cc([N+](=O)[O-])ccc2C)c1. The van der Waals surface area contributed by atoms with E-state index in [-0.39, 0.29) is 18.1 Å². The van der Waals surface area contributed by atoms with Crippen LogP contribution in [0.5, 0.6) is 5.75 Å². The van der Waals surface area contributed by atoms with E-state index in [9.17, 15) is 14.9 Å². The van der Waals surface area contributed by atoms with Crippen LogP contribution < -0.4 is 15.4 Å². The van der Waals surface area contributed by atoms with Gasteiger partial charge in [0, 0.05) is 29.6 Å². The van der Waals surface area contributed by atoms with Crippen LogP contribution in [0.4, 0.5) is 17.1 Å². The molecule has 2 aromatic rings. The molecule has 0 aromatic heterocycles. The number of non-ortho nitro benzene ring substituents is 1. The predicted molar refractivity (Wildman–Crippen MR) is 87.9 cm³/mol. The normalized spacial score (nSPS) is 10.0. The van der Waals surface area contributed by atoms with Gasteiger partial charge >= 0.3 is 0 Å². The maximum atomic E-state index is 12.0. The van der Waals surface area contributed by atoms with E-state index in [0.717, 1.165) is 5.56 Å². The van der Waals surface area contributed by atoms with Crippen LogP contribution >= 0.6 is 0 Å². The molecule has 0 spiro atoms. The van der Waals surface area contributed by atoms with Gasteiger partial charge in [0.2, 0.25) is 5.91 Å². The first-order valence-corrected chi connectivity index (χ1v) is 6.92. The van der Waals surface area contributed by atoms with Crippen molar-refractivity contribution in [3.63, 3.8) is 0 Å². The van der Waals surface area contributed by atoms with Gasteiger partial charge in [-0.25, -0.2) is 0 Å². The molecule has 0 saturated heterocycles. The van der Waals surface area contributed by atoms with Gasteiger partial charge in [0.05, 0.1) is 18.6 Å². The van der Waals surface area contributed by atoms with Crippen LogP contribution in [0.2, 0.25) is 0 Å². The van der Waals surface area contributed by atoms with Crippen molar-refractivity contribution in [3.8, 4) is 5.75 Å². The van der Waals surface area contributed by atoms with E-state index in [1.54, 1.807) is 37.4 Å². The highest BCUT2D eigenvalue weighted by atomic mass is 16.6. The third-order valence-electron chi connectivity index (χ3n) is 3.22. The molecule has 7 nitrogen and oxygen atoms in total. The summed E-state index contributed by atoms with van der Waals surface area (Å²) in [7, 11) is 1.55. The zero-order valence-electron chi connectivity index (χ0n) is 12.8. The van der Waals surface area contributed by atoms with Crippen LogP contribution in [0.1, 0.15) is 5.56 Å². The molecule has 2 rings (SSSR count). The Morgan fingerprint density at radius 3 is 2.74 bits per heavy atom. The zero-order chi connectivity index (χ0) is 16.8. The van der Waals surface area contributed by atoms with Gasteiger partial charge in [0.1, 0.15) is 5.75 Å². The van der Waals surface area contributed by atoms with E-state index in [2.05, 4.69) is 10.6 Å². The predicted octanol–water partition coefficient (Wildman–Crippen LogP) is 2.96. The molecule has 0 bridgehead atoms. The highest BCUT2D eigenvalue weighted by molar-refractivity contribution is 5.94. The lowest BCUT2D eigenvalue weighted by Crippen LogP contribution is -2.22. The van der Waals surface area contributed by atoms with Gasteiger partial charge in [-0.15, -0.1) is 0 Å².